The predicted molar refractivity (Wildman–Crippen MR) is 86.3 cm³/mol. The van der Waals surface area contributed by atoms with Crippen LogP contribution in [-0.4, -0.2) is 16.9 Å². The van der Waals surface area contributed by atoms with Crippen molar-refractivity contribution in [2.45, 2.75) is 39.2 Å². The summed E-state index contributed by atoms with van der Waals surface area (Å²) in [6.07, 6.45) is 0.929. The molecule has 1 fully saturated rings. The molecule has 1 amide bonds. The van der Waals surface area contributed by atoms with E-state index in [1.165, 1.54) is 16.7 Å². The first-order valence-corrected chi connectivity index (χ1v) is 7.53. The van der Waals surface area contributed by atoms with Crippen molar-refractivity contribution in [3.63, 3.8) is 0 Å². The molecule has 1 aliphatic carbocycles. The first kappa shape index (κ1) is 14.6. The van der Waals surface area contributed by atoms with Gasteiger partial charge in [-0.1, -0.05) is 18.2 Å². The van der Waals surface area contributed by atoms with Crippen LogP contribution in [-0.2, 0) is 0 Å². The number of carbonyl (C=O) groups is 1. The summed E-state index contributed by atoms with van der Waals surface area (Å²) in [7, 11) is 0. The van der Waals surface area contributed by atoms with E-state index in [0.717, 1.165) is 12.1 Å². The summed E-state index contributed by atoms with van der Waals surface area (Å²) >= 11 is 0. The zero-order valence-electron chi connectivity index (χ0n) is 13.1. The van der Waals surface area contributed by atoms with E-state index < -0.39 is 0 Å². The number of amides is 1. The maximum absolute atomic E-state index is 12.2. The van der Waals surface area contributed by atoms with Gasteiger partial charge in [-0.3, -0.25) is 9.59 Å². The van der Waals surface area contributed by atoms with Crippen molar-refractivity contribution in [1.82, 2.24) is 10.3 Å². The summed E-state index contributed by atoms with van der Waals surface area (Å²) in [6, 6.07) is 9.87. The lowest BCUT2D eigenvalue weighted by atomic mass is 10.0. The Kier molecular flexibility index (Phi) is 3.61. The van der Waals surface area contributed by atoms with Gasteiger partial charge in [0, 0.05) is 17.7 Å². The molecule has 4 nitrogen and oxygen atoms in total. The molecule has 1 aromatic carbocycles. The quantitative estimate of drug-likeness (QED) is 0.914. The number of aromatic nitrogens is 1. The van der Waals surface area contributed by atoms with Crippen LogP contribution in [0, 0.1) is 20.8 Å². The third-order valence-corrected chi connectivity index (χ3v) is 4.37. The van der Waals surface area contributed by atoms with Crippen LogP contribution in [0.3, 0.4) is 0 Å². The van der Waals surface area contributed by atoms with E-state index in [-0.39, 0.29) is 23.1 Å². The molecule has 0 radical (unpaired) electrons. The average molecular weight is 296 g/mol. The van der Waals surface area contributed by atoms with Crippen molar-refractivity contribution < 1.29 is 4.79 Å². The summed E-state index contributed by atoms with van der Waals surface area (Å²) in [4.78, 5) is 26.6. The molecule has 0 unspecified atom stereocenters. The van der Waals surface area contributed by atoms with Gasteiger partial charge in [0.2, 0.25) is 0 Å². The smallest absolute Gasteiger partial charge is 0.260 e. The van der Waals surface area contributed by atoms with Crippen molar-refractivity contribution in [1.29, 1.82) is 0 Å². The highest BCUT2D eigenvalue weighted by atomic mass is 16.2. The van der Waals surface area contributed by atoms with E-state index in [1.807, 2.05) is 0 Å². The molecule has 2 aromatic rings. The molecule has 1 saturated carbocycles. The van der Waals surface area contributed by atoms with E-state index in [4.69, 9.17) is 0 Å². The molecular weight excluding hydrogens is 276 g/mol. The lowest BCUT2D eigenvalue weighted by molar-refractivity contribution is 0.0949. The fourth-order valence-electron chi connectivity index (χ4n) is 2.72. The predicted octanol–water partition coefficient (Wildman–Crippen LogP) is 2.59. The minimum Gasteiger partial charge on any atom is -0.348 e. The van der Waals surface area contributed by atoms with Gasteiger partial charge in [0.05, 0.1) is 0 Å². The fourth-order valence-corrected chi connectivity index (χ4v) is 2.72. The molecule has 0 saturated heterocycles. The molecule has 0 spiro atoms. The van der Waals surface area contributed by atoms with Crippen molar-refractivity contribution >= 4 is 5.91 Å². The first-order valence-electron chi connectivity index (χ1n) is 7.53. The molecule has 2 N–H and O–H groups in total. The Morgan fingerprint density at radius 2 is 1.91 bits per heavy atom. The first-order chi connectivity index (χ1) is 10.5. The van der Waals surface area contributed by atoms with Crippen LogP contribution in [0.4, 0.5) is 0 Å². The SMILES string of the molecule is Cc1ccc(C(=O)N[C@@H]2C[C@H]2c2ccc(C)c(C)c2)c(=O)[nH]1. The molecule has 2 atom stereocenters. The van der Waals surface area contributed by atoms with Crippen LogP contribution in [0.15, 0.2) is 35.1 Å². The van der Waals surface area contributed by atoms with Crippen LogP contribution in [0.2, 0.25) is 0 Å². The summed E-state index contributed by atoms with van der Waals surface area (Å²) in [5, 5.41) is 2.95. The molecule has 0 aliphatic heterocycles. The Morgan fingerprint density at radius 3 is 2.59 bits per heavy atom. The van der Waals surface area contributed by atoms with E-state index >= 15 is 0 Å². The third kappa shape index (κ3) is 2.82. The summed E-state index contributed by atoms with van der Waals surface area (Å²) in [5.41, 5.74) is 4.39. The fraction of sp³-hybridized carbons (Fsp3) is 0.333. The highest BCUT2D eigenvalue weighted by Gasteiger charge is 2.39. The maximum atomic E-state index is 12.2. The number of carbonyl (C=O) groups excluding carboxylic acids is 1. The van der Waals surface area contributed by atoms with Gasteiger partial charge in [0.25, 0.3) is 11.5 Å². The lowest BCUT2D eigenvalue weighted by Gasteiger charge is -2.07. The Hall–Kier alpha value is -2.36. The number of aromatic amines is 1. The number of benzene rings is 1. The van der Waals surface area contributed by atoms with Crippen molar-refractivity contribution in [3.05, 3.63) is 68.6 Å². The van der Waals surface area contributed by atoms with Gasteiger partial charge in [-0.25, -0.2) is 0 Å². The second kappa shape index (κ2) is 5.44. The molecule has 1 aliphatic rings. The Bertz CT molecular complexity index is 792. The van der Waals surface area contributed by atoms with Gasteiger partial charge in [-0.05, 0) is 56.0 Å². The van der Waals surface area contributed by atoms with Crippen LogP contribution >= 0.6 is 0 Å². The highest BCUT2D eigenvalue weighted by Crippen LogP contribution is 2.41. The molecule has 114 valence electrons. The minimum atomic E-state index is -0.333. The largest absolute Gasteiger partial charge is 0.348 e. The standard InChI is InChI=1S/C18H20N2O2/c1-10-4-6-13(8-11(10)2)15-9-16(15)20-18(22)14-7-5-12(3)19-17(14)21/h4-8,15-16H,9H2,1-3H3,(H,19,21)(H,20,22)/t15-,16+/m0/s1. The van der Waals surface area contributed by atoms with E-state index in [2.05, 4.69) is 42.3 Å². The number of aryl methyl sites for hydroxylation is 3. The summed E-state index contributed by atoms with van der Waals surface area (Å²) in [6.45, 7) is 5.98. The lowest BCUT2D eigenvalue weighted by Crippen LogP contribution is -2.31. The molecule has 22 heavy (non-hydrogen) atoms. The Labute approximate surface area is 129 Å². The maximum Gasteiger partial charge on any atom is 0.260 e. The van der Waals surface area contributed by atoms with E-state index in [0.29, 0.717) is 5.92 Å². The number of nitrogens with one attached hydrogen (secondary N) is 2. The number of rotatable bonds is 3. The van der Waals surface area contributed by atoms with Crippen LogP contribution < -0.4 is 10.9 Å². The van der Waals surface area contributed by atoms with Crippen molar-refractivity contribution in [2.24, 2.45) is 0 Å². The van der Waals surface area contributed by atoms with Gasteiger partial charge in [-0.15, -0.1) is 0 Å². The van der Waals surface area contributed by atoms with Crippen LogP contribution in [0.5, 0.6) is 0 Å². The van der Waals surface area contributed by atoms with Gasteiger partial charge < -0.3 is 10.3 Å². The molecule has 0 bridgehead atoms. The Morgan fingerprint density at radius 1 is 1.14 bits per heavy atom. The van der Waals surface area contributed by atoms with Crippen LogP contribution in [0.25, 0.3) is 0 Å². The average Bonchev–Trinajstić information content (AvgIpc) is 3.20. The molecule has 4 heteroatoms. The summed E-state index contributed by atoms with van der Waals surface area (Å²) < 4.78 is 0. The molecular formula is C18H20N2O2. The van der Waals surface area contributed by atoms with E-state index in [9.17, 15) is 9.59 Å². The van der Waals surface area contributed by atoms with Gasteiger partial charge in [-0.2, -0.15) is 0 Å². The zero-order valence-corrected chi connectivity index (χ0v) is 13.1. The topological polar surface area (TPSA) is 62.0 Å². The van der Waals surface area contributed by atoms with E-state index in [1.54, 1.807) is 19.1 Å². The second-order valence-corrected chi connectivity index (χ2v) is 6.15. The highest BCUT2D eigenvalue weighted by molar-refractivity contribution is 5.94. The monoisotopic (exact) mass is 296 g/mol. The second-order valence-electron chi connectivity index (χ2n) is 6.15. The number of hydrogen-bond donors (Lipinski definition) is 2. The molecule has 1 aromatic heterocycles. The number of pyridine rings is 1. The minimum absolute atomic E-state index is 0.121. The van der Waals surface area contributed by atoms with Crippen molar-refractivity contribution in [2.75, 3.05) is 0 Å². The van der Waals surface area contributed by atoms with Gasteiger partial charge in [0.1, 0.15) is 5.56 Å². The molecule has 3 rings (SSSR count). The van der Waals surface area contributed by atoms with Crippen molar-refractivity contribution in [3.8, 4) is 0 Å². The number of hydrogen-bond acceptors (Lipinski definition) is 2. The zero-order chi connectivity index (χ0) is 15.9. The normalized spacial score (nSPS) is 19.8. The van der Waals surface area contributed by atoms with Gasteiger partial charge in [0.15, 0.2) is 0 Å². The number of H-pyrrole nitrogens is 1. The van der Waals surface area contributed by atoms with Gasteiger partial charge >= 0.3 is 0 Å². The summed E-state index contributed by atoms with van der Waals surface area (Å²) in [5.74, 6) is 0.0605. The van der Waals surface area contributed by atoms with Crippen LogP contribution in [0.1, 0.15) is 45.1 Å². The molecule has 1 heterocycles. The Balaban J connectivity index is 1.69. The third-order valence-electron chi connectivity index (χ3n) is 4.37.